The van der Waals surface area contributed by atoms with Crippen LogP contribution < -0.4 is 14.3 Å². The Bertz CT molecular complexity index is 905. The molecule has 3 aliphatic rings. The summed E-state index contributed by atoms with van der Waals surface area (Å²) in [6.45, 7) is 1.90. The second-order valence-corrected chi connectivity index (χ2v) is 10.2. The van der Waals surface area contributed by atoms with E-state index in [1.807, 2.05) is 0 Å². The second-order valence-electron chi connectivity index (χ2n) is 7.58. The summed E-state index contributed by atoms with van der Waals surface area (Å²) in [5.74, 6) is -0.654. The van der Waals surface area contributed by atoms with E-state index in [4.69, 9.17) is 4.74 Å². The van der Waals surface area contributed by atoms with Crippen molar-refractivity contribution in [3.63, 3.8) is 0 Å². The Morgan fingerprint density at radius 3 is 2.83 bits per heavy atom. The zero-order valence-electron chi connectivity index (χ0n) is 15.8. The van der Waals surface area contributed by atoms with Gasteiger partial charge in [-0.05, 0) is 44.2 Å². The predicted octanol–water partition coefficient (Wildman–Crippen LogP) is 1.14. The van der Waals surface area contributed by atoms with Crippen molar-refractivity contribution in [1.29, 1.82) is 0 Å². The molecule has 1 atom stereocenters. The summed E-state index contributed by atoms with van der Waals surface area (Å²) in [6, 6.07) is 1.43. The normalized spacial score (nSPS) is 24.4. The van der Waals surface area contributed by atoms with E-state index in [2.05, 4.69) is 5.32 Å². The van der Waals surface area contributed by atoms with E-state index >= 15 is 4.39 Å². The minimum absolute atomic E-state index is 0.0502. The lowest BCUT2D eigenvalue weighted by Crippen LogP contribution is -2.38. The van der Waals surface area contributed by atoms with Crippen LogP contribution in [0.25, 0.3) is 0 Å². The molecule has 1 amide bonds. The quantitative estimate of drug-likeness (QED) is 0.624. The Hall–Kier alpha value is -1.56. The minimum Gasteiger partial charge on any atom is -0.506 e. The zero-order chi connectivity index (χ0) is 20.6. The van der Waals surface area contributed by atoms with Gasteiger partial charge in [0.2, 0.25) is 0 Å². The van der Waals surface area contributed by atoms with Crippen molar-refractivity contribution in [2.45, 2.75) is 36.6 Å². The number of nitrogens with one attached hydrogen (secondary N) is 2. The number of hydrogen-bond acceptors (Lipinski definition) is 7. The van der Waals surface area contributed by atoms with Crippen LogP contribution in [0.1, 0.15) is 24.8 Å². The maximum Gasteiger partial charge on any atom is 0.326 e. The molecule has 8 nitrogen and oxygen atoms in total. The highest BCUT2D eigenvalue weighted by Gasteiger charge is 2.39. The predicted molar refractivity (Wildman–Crippen MR) is 107 cm³/mol. The fourth-order valence-corrected chi connectivity index (χ4v) is 6.32. The summed E-state index contributed by atoms with van der Waals surface area (Å²) in [6.07, 6.45) is 3.57. The van der Waals surface area contributed by atoms with Crippen LogP contribution in [0.15, 0.2) is 11.0 Å². The Labute approximate surface area is 173 Å². The molecule has 11 heteroatoms. The standard InChI is InChI=1S/C18H24FN3O5S2/c19-17-13-7-12(20-4-1-11-2-5-27-6-3-11)10-28-15(13)8-14(23)18(17)22-9-16(24)21-29(22,25)26/h8,11-12,20,23H,1-7,9-10H2,(H,21,24)/t12-/m0/s1. The lowest BCUT2D eigenvalue weighted by atomic mass is 9.96. The molecule has 0 aromatic heterocycles. The summed E-state index contributed by atoms with van der Waals surface area (Å²) < 4.78 is 47.2. The SMILES string of the molecule is O=C1CN(c2c(O)cc3c(c2F)C[C@H](NCCC2CCOCC2)CS3)S(=O)(=O)N1. The molecule has 29 heavy (non-hydrogen) atoms. The average Bonchev–Trinajstić information content (AvgIpc) is 2.95. The molecule has 2 saturated heterocycles. The van der Waals surface area contributed by atoms with Gasteiger partial charge >= 0.3 is 10.2 Å². The number of fused-ring (bicyclic) bond motifs is 1. The summed E-state index contributed by atoms with van der Waals surface area (Å²) in [7, 11) is -4.20. The van der Waals surface area contributed by atoms with E-state index in [0.29, 0.717) is 27.1 Å². The maximum absolute atomic E-state index is 15.3. The highest BCUT2D eigenvalue weighted by molar-refractivity contribution is 7.99. The fraction of sp³-hybridized carbons (Fsp3) is 0.611. The van der Waals surface area contributed by atoms with Crippen molar-refractivity contribution in [3.8, 4) is 5.75 Å². The molecule has 160 valence electrons. The minimum atomic E-state index is -4.20. The van der Waals surface area contributed by atoms with Crippen molar-refractivity contribution in [1.82, 2.24) is 10.0 Å². The van der Waals surface area contributed by atoms with Gasteiger partial charge < -0.3 is 15.2 Å². The van der Waals surface area contributed by atoms with Crippen molar-refractivity contribution in [3.05, 3.63) is 17.4 Å². The van der Waals surface area contributed by atoms with Crippen LogP contribution in [0.3, 0.4) is 0 Å². The third-order valence-corrected chi connectivity index (χ3v) is 8.19. The third kappa shape index (κ3) is 4.32. The van der Waals surface area contributed by atoms with Gasteiger partial charge in [0, 0.05) is 35.5 Å². The number of hydrogen-bond donors (Lipinski definition) is 3. The van der Waals surface area contributed by atoms with Crippen LogP contribution in [0.4, 0.5) is 10.1 Å². The van der Waals surface area contributed by atoms with Crippen LogP contribution in [-0.4, -0.2) is 57.5 Å². The van der Waals surface area contributed by atoms with Gasteiger partial charge in [0.15, 0.2) is 5.82 Å². The number of carbonyl (C=O) groups excluding carboxylic acids is 1. The first-order valence-electron chi connectivity index (χ1n) is 9.66. The fourth-order valence-electron chi connectivity index (χ4n) is 4.00. The molecule has 0 aliphatic carbocycles. The van der Waals surface area contributed by atoms with E-state index in [1.165, 1.54) is 17.8 Å². The number of phenols is 1. The second kappa shape index (κ2) is 8.29. The van der Waals surface area contributed by atoms with Crippen molar-refractivity contribution in [2.75, 3.05) is 36.4 Å². The molecule has 3 N–H and O–H groups in total. The molecule has 3 heterocycles. The molecule has 1 aromatic carbocycles. The first-order chi connectivity index (χ1) is 13.8. The monoisotopic (exact) mass is 445 g/mol. The van der Waals surface area contributed by atoms with Gasteiger partial charge in [0.1, 0.15) is 18.0 Å². The number of halogens is 1. The molecule has 4 rings (SSSR count). The van der Waals surface area contributed by atoms with E-state index < -0.39 is 39.9 Å². The molecule has 3 aliphatic heterocycles. The molecule has 2 fully saturated rings. The Morgan fingerprint density at radius 2 is 2.14 bits per heavy atom. The Morgan fingerprint density at radius 1 is 1.38 bits per heavy atom. The van der Waals surface area contributed by atoms with E-state index in [-0.39, 0.29) is 6.04 Å². The molecular weight excluding hydrogens is 421 g/mol. The van der Waals surface area contributed by atoms with Crippen molar-refractivity contribution in [2.24, 2.45) is 5.92 Å². The molecule has 0 radical (unpaired) electrons. The van der Waals surface area contributed by atoms with Gasteiger partial charge in [-0.3, -0.25) is 4.79 Å². The summed E-state index contributed by atoms with van der Waals surface area (Å²) in [4.78, 5) is 12.1. The number of aromatic hydroxyl groups is 1. The zero-order valence-corrected chi connectivity index (χ0v) is 17.5. The Balaban J connectivity index is 1.48. The van der Waals surface area contributed by atoms with Crippen LogP contribution in [0.5, 0.6) is 5.75 Å². The first kappa shape index (κ1) is 20.7. The molecule has 0 saturated carbocycles. The molecule has 0 spiro atoms. The number of ether oxygens (including phenoxy) is 1. The number of thioether (sulfide) groups is 1. The number of phenolic OH excluding ortho intramolecular Hbond substituents is 1. The maximum atomic E-state index is 15.3. The van der Waals surface area contributed by atoms with Crippen LogP contribution in [0, 0.1) is 11.7 Å². The topological polar surface area (TPSA) is 108 Å². The van der Waals surface area contributed by atoms with Crippen LogP contribution in [-0.2, 0) is 26.2 Å². The lowest BCUT2D eigenvalue weighted by molar-refractivity contribution is -0.117. The molecule has 0 unspecified atom stereocenters. The summed E-state index contributed by atoms with van der Waals surface area (Å²) >= 11 is 1.43. The van der Waals surface area contributed by atoms with Crippen LogP contribution >= 0.6 is 11.8 Å². The van der Waals surface area contributed by atoms with Crippen molar-refractivity contribution >= 4 is 33.6 Å². The van der Waals surface area contributed by atoms with E-state index in [1.54, 1.807) is 4.72 Å². The number of carbonyl (C=O) groups is 1. The van der Waals surface area contributed by atoms with Gasteiger partial charge in [0.25, 0.3) is 5.91 Å². The molecule has 1 aromatic rings. The van der Waals surface area contributed by atoms with Gasteiger partial charge in [-0.15, -0.1) is 11.8 Å². The Kier molecular flexibility index (Phi) is 5.92. The summed E-state index contributed by atoms with van der Waals surface area (Å²) in [5, 5.41) is 13.7. The van der Waals surface area contributed by atoms with Gasteiger partial charge in [0.05, 0.1) is 0 Å². The smallest absolute Gasteiger partial charge is 0.326 e. The number of anilines is 1. The number of rotatable bonds is 5. The lowest BCUT2D eigenvalue weighted by Gasteiger charge is -2.29. The van der Waals surface area contributed by atoms with Crippen LogP contribution in [0.2, 0.25) is 0 Å². The highest BCUT2D eigenvalue weighted by atomic mass is 32.2. The van der Waals surface area contributed by atoms with E-state index in [0.717, 1.165) is 44.8 Å². The van der Waals surface area contributed by atoms with Gasteiger partial charge in [-0.1, -0.05) is 0 Å². The van der Waals surface area contributed by atoms with E-state index in [9.17, 15) is 18.3 Å². The van der Waals surface area contributed by atoms with Crippen molar-refractivity contribution < 1.29 is 27.4 Å². The van der Waals surface area contributed by atoms with Gasteiger partial charge in [-0.2, -0.15) is 8.42 Å². The first-order valence-corrected chi connectivity index (χ1v) is 12.1. The number of amides is 1. The highest BCUT2D eigenvalue weighted by Crippen LogP contribution is 2.42. The number of benzene rings is 1. The largest absolute Gasteiger partial charge is 0.506 e. The van der Waals surface area contributed by atoms with Gasteiger partial charge in [-0.25, -0.2) is 13.4 Å². The summed E-state index contributed by atoms with van der Waals surface area (Å²) in [5.41, 5.74) is -0.0993. The number of nitrogens with zero attached hydrogens (tertiary/aromatic N) is 1. The third-order valence-electron chi connectivity index (χ3n) is 5.57. The molecular formula is C18H24FN3O5S2. The average molecular weight is 446 g/mol. The molecule has 0 bridgehead atoms.